The van der Waals surface area contributed by atoms with Crippen molar-refractivity contribution in [3.63, 3.8) is 0 Å². The zero-order valence-electron chi connectivity index (χ0n) is 12.5. The first-order valence-corrected chi connectivity index (χ1v) is 7.22. The van der Waals surface area contributed by atoms with Crippen molar-refractivity contribution in [2.75, 3.05) is 20.6 Å². The van der Waals surface area contributed by atoms with Gasteiger partial charge in [0, 0.05) is 12.0 Å². The van der Waals surface area contributed by atoms with Gasteiger partial charge in [0.25, 0.3) is 5.56 Å². The molecule has 0 unspecified atom stereocenters. The molecule has 0 saturated carbocycles. The van der Waals surface area contributed by atoms with E-state index in [1.807, 2.05) is 24.3 Å². The van der Waals surface area contributed by atoms with E-state index in [9.17, 15) is 4.79 Å². The number of para-hydroxylation sites is 1. The van der Waals surface area contributed by atoms with Gasteiger partial charge in [-0.05, 0) is 24.4 Å². The van der Waals surface area contributed by atoms with E-state index >= 15 is 0 Å². The van der Waals surface area contributed by atoms with Crippen LogP contribution in [-0.4, -0.2) is 30.2 Å². The van der Waals surface area contributed by atoms with E-state index in [0.29, 0.717) is 16.7 Å². The lowest BCUT2D eigenvalue weighted by atomic mass is 9.93. The van der Waals surface area contributed by atoms with E-state index in [1.54, 1.807) is 4.57 Å². The van der Waals surface area contributed by atoms with Crippen LogP contribution in [0.3, 0.4) is 0 Å². The lowest BCUT2D eigenvalue weighted by Gasteiger charge is -2.26. The smallest absolute Gasteiger partial charge is 0.262 e. The molecule has 0 saturated heterocycles. The van der Waals surface area contributed by atoms with Crippen LogP contribution in [0.15, 0.2) is 29.1 Å². The minimum atomic E-state index is -0.00817. The van der Waals surface area contributed by atoms with Crippen molar-refractivity contribution in [2.24, 2.45) is 5.41 Å². The first kappa shape index (κ1) is 14.9. The van der Waals surface area contributed by atoms with Crippen LogP contribution in [0.2, 0.25) is 0 Å². The summed E-state index contributed by atoms with van der Waals surface area (Å²) in [5, 5.41) is 0.689. The molecule has 0 fully saturated rings. The summed E-state index contributed by atoms with van der Waals surface area (Å²) in [4.78, 5) is 17.1. The second kappa shape index (κ2) is 5.50. The zero-order chi connectivity index (χ0) is 14.9. The molecule has 2 rings (SSSR count). The molecule has 5 heteroatoms. The summed E-state index contributed by atoms with van der Waals surface area (Å²) < 4.78 is 2.18. The average molecular weight is 292 g/mol. The molecule has 0 aliphatic heterocycles. The molecule has 1 aromatic heterocycles. The van der Waals surface area contributed by atoms with Crippen LogP contribution in [0, 0.1) is 10.2 Å². The van der Waals surface area contributed by atoms with Gasteiger partial charge in [-0.25, -0.2) is 0 Å². The Balaban J connectivity index is 2.50. The maximum atomic E-state index is 12.6. The Bertz CT molecular complexity index is 728. The fourth-order valence-corrected chi connectivity index (χ4v) is 3.04. The van der Waals surface area contributed by atoms with Gasteiger partial charge in [0.05, 0.1) is 31.5 Å². The summed E-state index contributed by atoms with van der Waals surface area (Å²) >= 11 is 5.35. The van der Waals surface area contributed by atoms with Gasteiger partial charge in [-0.1, -0.05) is 26.0 Å². The van der Waals surface area contributed by atoms with E-state index in [2.05, 4.69) is 32.9 Å². The van der Waals surface area contributed by atoms with Gasteiger partial charge in [-0.3, -0.25) is 9.36 Å². The Hall–Kier alpha value is -1.46. The molecule has 1 aromatic carbocycles. The average Bonchev–Trinajstić information content (AvgIpc) is 2.33. The SMILES string of the molecule is C[NH+](C)CC(C)(C)Cn1c(=S)[nH]c2ccccc2c1=O. The standard InChI is InChI=1S/C15H21N3OS/c1-15(2,9-17(3)4)10-18-13(19)11-7-5-6-8-12(11)16-14(18)20/h5-8H,9-10H2,1-4H3,(H,16,20)/p+1. The number of aromatic nitrogens is 2. The first-order chi connectivity index (χ1) is 9.30. The van der Waals surface area contributed by atoms with Gasteiger partial charge in [-0.2, -0.15) is 0 Å². The van der Waals surface area contributed by atoms with E-state index in [4.69, 9.17) is 12.2 Å². The predicted molar refractivity (Wildman–Crippen MR) is 84.9 cm³/mol. The molecule has 2 aromatic rings. The second-order valence-corrected chi connectivity index (χ2v) is 6.80. The Morgan fingerprint density at radius 2 is 1.95 bits per heavy atom. The molecule has 0 radical (unpaired) electrons. The fraction of sp³-hybridized carbons (Fsp3) is 0.467. The topological polar surface area (TPSA) is 42.2 Å². The minimum absolute atomic E-state index is 0.00647. The molecular formula is C15H22N3OS+. The number of fused-ring (bicyclic) bond motifs is 1. The highest BCUT2D eigenvalue weighted by atomic mass is 32.1. The number of nitrogens with zero attached hydrogens (tertiary/aromatic N) is 1. The summed E-state index contributed by atoms with van der Waals surface area (Å²) in [5.74, 6) is 0. The maximum absolute atomic E-state index is 12.6. The number of quaternary nitrogens is 1. The van der Waals surface area contributed by atoms with Crippen molar-refractivity contribution in [3.05, 3.63) is 39.4 Å². The molecule has 0 aliphatic rings. The third-order valence-electron chi connectivity index (χ3n) is 3.31. The lowest BCUT2D eigenvalue weighted by Crippen LogP contribution is -3.07. The van der Waals surface area contributed by atoms with Crippen LogP contribution >= 0.6 is 12.2 Å². The molecule has 0 spiro atoms. The molecule has 108 valence electrons. The highest BCUT2D eigenvalue weighted by molar-refractivity contribution is 7.71. The third kappa shape index (κ3) is 3.16. The number of aromatic amines is 1. The van der Waals surface area contributed by atoms with Crippen molar-refractivity contribution < 1.29 is 4.90 Å². The van der Waals surface area contributed by atoms with Crippen molar-refractivity contribution in [1.82, 2.24) is 9.55 Å². The third-order valence-corrected chi connectivity index (χ3v) is 3.63. The van der Waals surface area contributed by atoms with Crippen LogP contribution < -0.4 is 10.5 Å². The van der Waals surface area contributed by atoms with Gasteiger partial charge < -0.3 is 9.88 Å². The largest absolute Gasteiger partial charge is 0.339 e. The van der Waals surface area contributed by atoms with Crippen molar-refractivity contribution in [2.45, 2.75) is 20.4 Å². The number of hydrogen-bond acceptors (Lipinski definition) is 2. The monoisotopic (exact) mass is 292 g/mol. The van der Waals surface area contributed by atoms with Crippen LogP contribution in [-0.2, 0) is 6.54 Å². The van der Waals surface area contributed by atoms with Crippen molar-refractivity contribution in [1.29, 1.82) is 0 Å². The maximum Gasteiger partial charge on any atom is 0.262 e. The molecule has 1 heterocycles. The van der Waals surface area contributed by atoms with Crippen LogP contribution in [0.1, 0.15) is 13.8 Å². The molecule has 0 bridgehead atoms. The summed E-state index contributed by atoms with van der Waals surface area (Å²) in [6.07, 6.45) is 0. The molecule has 20 heavy (non-hydrogen) atoms. The highest BCUT2D eigenvalue weighted by Gasteiger charge is 2.23. The number of rotatable bonds is 4. The Morgan fingerprint density at radius 1 is 1.30 bits per heavy atom. The van der Waals surface area contributed by atoms with Crippen LogP contribution in [0.5, 0.6) is 0 Å². The first-order valence-electron chi connectivity index (χ1n) is 6.81. The van der Waals surface area contributed by atoms with Gasteiger partial charge in [0.15, 0.2) is 4.77 Å². The Kier molecular flexibility index (Phi) is 4.11. The van der Waals surface area contributed by atoms with E-state index < -0.39 is 0 Å². The molecule has 2 N–H and O–H groups in total. The Morgan fingerprint density at radius 3 is 2.60 bits per heavy atom. The van der Waals surface area contributed by atoms with Crippen LogP contribution in [0.4, 0.5) is 0 Å². The highest BCUT2D eigenvalue weighted by Crippen LogP contribution is 2.16. The molecule has 0 atom stereocenters. The molecule has 4 nitrogen and oxygen atoms in total. The summed E-state index contributed by atoms with van der Waals surface area (Å²) in [7, 11) is 4.23. The van der Waals surface area contributed by atoms with E-state index in [-0.39, 0.29) is 11.0 Å². The van der Waals surface area contributed by atoms with Gasteiger partial charge in [0.2, 0.25) is 0 Å². The van der Waals surface area contributed by atoms with Crippen LogP contribution in [0.25, 0.3) is 10.9 Å². The van der Waals surface area contributed by atoms with E-state index in [1.165, 1.54) is 4.90 Å². The molecule has 0 aliphatic carbocycles. The fourth-order valence-electron chi connectivity index (χ4n) is 2.78. The van der Waals surface area contributed by atoms with Gasteiger partial charge in [0.1, 0.15) is 0 Å². The quantitative estimate of drug-likeness (QED) is 0.832. The minimum Gasteiger partial charge on any atom is -0.339 e. The summed E-state index contributed by atoms with van der Waals surface area (Å²) in [5.41, 5.74) is 0.799. The van der Waals surface area contributed by atoms with Gasteiger partial charge >= 0.3 is 0 Å². The number of benzene rings is 1. The lowest BCUT2D eigenvalue weighted by molar-refractivity contribution is -0.865. The van der Waals surface area contributed by atoms with E-state index in [0.717, 1.165) is 12.1 Å². The summed E-state index contributed by atoms with van der Waals surface area (Å²) in [6, 6.07) is 7.49. The van der Waals surface area contributed by atoms with Crippen molar-refractivity contribution in [3.8, 4) is 0 Å². The molecular weight excluding hydrogens is 270 g/mol. The number of nitrogens with one attached hydrogen (secondary N) is 2. The number of H-pyrrole nitrogens is 1. The normalized spacial score (nSPS) is 12.2. The van der Waals surface area contributed by atoms with Crippen molar-refractivity contribution >= 4 is 23.1 Å². The predicted octanol–water partition coefficient (Wildman–Crippen LogP) is 1.23. The van der Waals surface area contributed by atoms with Gasteiger partial charge in [-0.15, -0.1) is 0 Å². The molecule has 0 amide bonds. The second-order valence-electron chi connectivity index (χ2n) is 6.42. The number of hydrogen-bond donors (Lipinski definition) is 2. The summed E-state index contributed by atoms with van der Waals surface area (Å²) in [6.45, 7) is 5.92. The Labute approximate surface area is 124 Å². The zero-order valence-corrected chi connectivity index (χ0v) is 13.3.